The number of morpholine rings is 1. The third kappa shape index (κ3) is 4.10. The van der Waals surface area contributed by atoms with E-state index in [9.17, 15) is 13.2 Å². The number of sulfonamides is 1. The number of anilines is 1. The monoisotopic (exact) mass is 340 g/mol. The third-order valence-electron chi connectivity index (χ3n) is 4.22. The van der Waals surface area contributed by atoms with Crippen LogP contribution in [0.25, 0.3) is 0 Å². The molecule has 1 heterocycles. The quantitative estimate of drug-likeness (QED) is 0.890. The summed E-state index contributed by atoms with van der Waals surface area (Å²) in [5, 5.41) is 2.82. The zero-order valence-corrected chi connectivity index (χ0v) is 14.6. The number of benzene rings is 1. The predicted octanol–water partition coefficient (Wildman–Crippen LogP) is 2.08. The Hall–Kier alpha value is -1.44. The molecule has 1 aliphatic rings. The highest BCUT2D eigenvalue weighted by atomic mass is 32.2. The van der Waals surface area contributed by atoms with Crippen molar-refractivity contribution < 1.29 is 17.9 Å². The first-order valence-corrected chi connectivity index (χ1v) is 9.21. The van der Waals surface area contributed by atoms with E-state index in [2.05, 4.69) is 5.32 Å². The number of hydrogen-bond donors (Lipinski definition) is 1. The van der Waals surface area contributed by atoms with Gasteiger partial charge in [-0.15, -0.1) is 0 Å². The molecule has 6 nitrogen and oxygen atoms in total. The Kier molecular flexibility index (Phi) is 5.44. The second kappa shape index (κ2) is 6.98. The second-order valence-corrected chi connectivity index (χ2v) is 8.17. The first kappa shape index (κ1) is 17.9. The lowest BCUT2D eigenvalue weighted by Crippen LogP contribution is -2.40. The van der Waals surface area contributed by atoms with Crippen LogP contribution in [0.1, 0.15) is 27.2 Å². The van der Waals surface area contributed by atoms with Crippen LogP contribution >= 0.6 is 0 Å². The highest BCUT2D eigenvalue weighted by Gasteiger charge is 2.27. The van der Waals surface area contributed by atoms with E-state index in [0.717, 1.165) is 6.42 Å². The molecule has 7 heteroatoms. The molecule has 1 fully saturated rings. The van der Waals surface area contributed by atoms with Crippen LogP contribution in [0.2, 0.25) is 0 Å². The van der Waals surface area contributed by atoms with Crippen molar-refractivity contribution in [2.75, 3.05) is 31.6 Å². The molecular weight excluding hydrogens is 316 g/mol. The summed E-state index contributed by atoms with van der Waals surface area (Å²) < 4.78 is 31.6. The molecule has 1 amide bonds. The molecular formula is C16H24N2O4S. The second-order valence-electron chi connectivity index (χ2n) is 6.23. The first-order chi connectivity index (χ1) is 10.8. The Morgan fingerprint density at radius 3 is 2.30 bits per heavy atom. The Morgan fingerprint density at radius 2 is 1.78 bits per heavy atom. The fourth-order valence-corrected chi connectivity index (χ4v) is 3.52. The average Bonchev–Trinajstić information content (AvgIpc) is 2.56. The van der Waals surface area contributed by atoms with E-state index in [0.29, 0.717) is 32.0 Å². The Balaban J connectivity index is 2.11. The van der Waals surface area contributed by atoms with E-state index in [4.69, 9.17) is 4.74 Å². The minimum absolute atomic E-state index is 0.0798. The fourth-order valence-electron chi connectivity index (χ4n) is 2.11. The van der Waals surface area contributed by atoms with Gasteiger partial charge in [0.15, 0.2) is 0 Å². The van der Waals surface area contributed by atoms with Gasteiger partial charge in [-0.1, -0.05) is 20.8 Å². The molecule has 1 aromatic carbocycles. The van der Waals surface area contributed by atoms with Crippen molar-refractivity contribution in [1.29, 1.82) is 0 Å². The normalized spacial score (nSPS) is 17.0. The van der Waals surface area contributed by atoms with Gasteiger partial charge in [-0.3, -0.25) is 4.79 Å². The minimum atomic E-state index is -3.50. The lowest BCUT2D eigenvalue weighted by molar-refractivity contribution is -0.124. The van der Waals surface area contributed by atoms with Gasteiger partial charge in [-0.2, -0.15) is 4.31 Å². The Labute approximate surface area is 137 Å². The van der Waals surface area contributed by atoms with Crippen LogP contribution in [0.3, 0.4) is 0 Å². The molecule has 0 spiro atoms. The van der Waals surface area contributed by atoms with Crippen LogP contribution in [0.4, 0.5) is 5.69 Å². The van der Waals surface area contributed by atoms with Gasteiger partial charge in [0.2, 0.25) is 15.9 Å². The first-order valence-electron chi connectivity index (χ1n) is 7.77. The van der Waals surface area contributed by atoms with Crippen molar-refractivity contribution in [2.45, 2.75) is 32.1 Å². The van der Waals surface area contributed by atoms with Crippen LogP contribution < -0.4 is 5.32 Å². The molecule has 1 saturated heterocycles. The topological polar surface area (TPSA) is 75.7 Å². The van der Waals surface area contributed by atoms with Crippen LogP contribution in [0.15, 0.2) is 29.2 Å². The van der Waals surface area contributed by atoms with Crippen molar-refractivity contribution in [1.82, 2.24) is 4.31 Å². The molecule has 0 radical (unpaired) electrons. The molecule has 1 N–H and O–H groups in total. The van der Waals surface area contributed by atoms with Crippen molar-refractivity contribution >= 4 is 21.6 Å². The van der Waals surface area contributed by atoms with E-state index in [1.807, 2.05) is 20.8 Å². The molecule has 0 saturated carbocycles. The molecule has 1 aliphatic heterocycles. The highest BCUT2D eigenvalue weighted by molar-refractivity contribution is 7.89. The van der Waals surface area contributed by atoms with Crippen LogP contribution in [0.5, 0.6) is 0 Å². The summed E-state index contributed by atoms with van der Waals surface area (Å²) in [4.78, 5) is 12.4. The predicted molar refractivity (Wildman–Crippen MR) is 88.7 cm³/mol. The number of nitrogens with zero attached hydrogens (tertiary/aromatic N) is 1. The largest absolute Gasteiger partial charge is 0.379 e. The molecule has 128 valence electrons. The van der Waals surface area contributed by atoms with E-state index in [1.54, 1.807) is 12.1 Å². The van der Waals surface area contributed by atoms with Gasteiger partial charge in [0.25, 0.3) is 0 Å². The molecule has 0 aliphatic carbocycles. The fraction of sp³-hybridized carbons (Fsp3) is 0.562. The zero-order valence-electron chi connectivity index (χ0n) is 13.8. The average molecular weight is 340 g/mol. The Bertz CT molecular complexity index is 647. The van der Waals surface area contributed by atoms with Gasteiger partial charge in [-0.25, -0.2) is 8.42 Å². The summed E-state index contributed by atoms with van der Waals surface area (Å²) in [6, 6.07) is 6.30. The van der Waals surface area contributed by atoms with E-state index >= 15 is 0 Å². The van der Waals surface area contributed by atoms with Gasteiger partial charge < -0.3 is 10.1 Å². The minimum Gasteiger partial charge on any atom is -0.379 e. The number of amides is 1. The summed E-state index contributed by atoms with van der Waals surface area (Å²) in [5.41, 5.74) is 0.135. The number of carbonyl (C=O) groups is 1. The lowest BCUT2D eigenvalue weighted by Gasteiger charge is -2.26. The summed E-state index contributed by atoms with van der Waals surface area (Å²) in [7, 11) is -3.50. The maximum atomic E-state index is 12.5. The lowest BCUT2D eigenvalue weighted by atomic mass is 9.89. The van der Waals surface area contributed by atoms with E-state index in [-0.39, 0.29) is 10.8 Å². The van der Waals surface area contributed by atoms with Gasteiger partial charge in [0.1, 0.15) is 0 Å². The van der Waals surface area contributed by atoms with Gasteiger partial charge in [0, 0.05) is 24.2 Å². The zero-order chi connectivity index (χ0) is 17.1. The molecule has 0 atom stereocenters. The smallest absolute Gasteiger partial charge is 0.243 e. The standard InChI is InChI=1S/C16H24N2O4S/c1-4-16(2,3)15(19)17-13-5-7-14(8-6-13)23(20,21)18-9-11-22-12-10-18/h5-8H,4,9-12H2,1-3H3,(H,17,19). The highest BCUT2D eigenvalue weighted by Crippen LogP contribution is 2.24. The number of hydrogen-bond acceptors (Lipinski definition) is 4. The molecule has 2 rings (SSSR count). The summed E-state index contributed by atoms with van der Waals surface area (Å²) >= 11 is 0. The van der Waals surface area contributed by atoms with Crippen molar-refractivity contribution in [2.24, 2.45) is 5.41 Å². The number of rotatable bonds is 5. The maximum absolute atomic E-state index is 12.5. The van der Waals surface area contributed by atoms with Crippen LogP contribution in [-0.2, 0) is 19.6 Å². The van der Waals surface area contributed by atoms with E-state index < -0.39 is 15.4 Å². The van der Waals surface area contributed by atoms with Crippen LogP contribution in [-0.4, -0.2) is 44.9 Å². The number of carbonyl (C=O) groups excluding carboxylic acids is 1. The summed E-state index contributed by atoms with van der Waals surface area (Å²) in [6.07, 6.45) is 0.725. The van der Waals surface area contributed by atoms with Gasteiger partial charge in [-0.05, 0) is 30.7 Å². The Morgan fingerprint density at radius 1 is 1.22 bits per heavy atom. The van der Waals surface area contributed by atoms with Gasteiger partial charge >= 0.3 is 0 Å². The van der Waals surface area contributed by atoms with E-state index in [1.165, 1.54) is 16.4 Å². The summed E-state index contributed by atoms with van der Waals surface area (Å²) in [6.45, 7) is 7.27. The molecule has 1 aromatic rings. The maximum Gasteiger partial charge on any atom is 0.243 e. The molecule has 0 aromatic heterocycles. The van der Waals surface area contributed by atoms with Gasteiger partial charge in [0.05, 0.1) is 18.1 Å². The number of ether oxygens (including phenoxy) is 1. The third-order valence-corrected chi connectivity index (χ3v) is 6.13. The molecule has 23 heavy (non-hydrogen) atoms. The van der Waals surface area contributed by atoms with Crippen molar-refractivity contribution in [3.8, 4) is 0 Å². The van der Waals surface area contributed by atoms with Crippen LogP contribution in [0, 0.1) is 5.41 Å². The van der Waals surface area contributed by atoms with Crippen molar-refractivity contribution in [3.63, 3.8) is 0 Å². The van der Waals surface area contributed by atoms with Crippen molar-refractivity contribution in [3.05, 3.63) is 24.3 Å². The summed E-state index contributed by atoms with van der Waals surface area (Å²) in [5.74, 6) is -0.0798. The molecule has 0 unspecified atom stereocenters. The molecule has 0 bridgehead atoms. The SMILES string of the molecule is CCC(C)(C)C(=O)Nc1ccc(S(=O)(=O)N2CCOCC2)cc1. The number of nitrogens with one attached hydrogen (secondary N) is 1.